The third kappa shape index (κ3) is 3.20. The molecule has 0 amide bonds. The van der Waals surface area contributed by atoms with E-state index in [1.165, 1.54) is 0 Å². The first-order valence-electron chi connectivity index (χ1n) is 5.07. The van der Waals surface area contributed by atoms with Gasteiger partial charge in [0.05, 0.1) is 6.61 Å². The number of nitrogens with two attached hydrogens (primary N) is 1. The van der Waals surface area contributed by atoms with Crippen LogP contribution < -0.4 is 10.6 Å². The number of hydrogen-bond acceptors (Lipinski definition) is 4. The first-order valence-corrected chi connectivity index (χ1v) is 5.07. The number of anilines is 1. The molecule has 0 aliphatic rings. The van der Waals surface area contributed by atoms with Gasteiger partial charge in [0.25, 0.3) is 0 Å². The highest BCUT2D eigenvalue weighted by molar-refractivity contribution is 5.95. The summed E-state index contributed by atoms with van der Waals surface area (Å²) < 4.78 is 5.01. The number of aryl methyl sites for hydroxylation is 1. The molecule has 16 heavy (non-hydrogen) atoms. The molecule has 0 aliphatic carbocycles. The molecule has 5 nitrogen and oxygen atoms in total. The van der Waals surface area contributed by atoms with Crippen molar-refractivity contribution in [2.45, 2.75) is 6.92 Å². The minimum Gasteiger partial charge on any atom is -0.384 e. The number of ether oxygens (including phenoxy) is 1. The Morgan fingerprint density at radius 3 is 2.81 bits per heavy atom. The van der Waals surface area contributed by atoms with E-state index in [1.54, 1.807) is 13.2 Å². The monoisotopic (exact) mass is 222 g/mol. The van der Waals surface area contributed by atoms with Gasteiger partial charge in [0.15, 0.2) is 0 Å². The molecule has 0 aliphatic heterocycles. The molecular formula is C11H18N4O. The lowest BCUT2D eigenvalue weighted by atomic mass is 10.2. The Morgan fingerprint density at radius 2 is 2.25 bits per heavy atom. The third-order valence-electron chi connectivity index (χ3n) is 2.27. The minimum absolute atomic E-state index is 0.0619. The van der Waals surface area contributed by atoms with Crippen molar-refractivity contribution >= 4 is 11.7 Å². The van der Waals surface area contributed by atoms with Crippen LogP contribution in [0.5, 0.6) is 0 Å². The number of nitrogen functional groups attached to an aromatic ring is 1. The van der Waals surface area contributed by atoms with E-state index in [0.29, 0.717) is 12.2 Å². The Labute approximate surface area is 95.7 Å². The van der Waals surface area contributed by atoms with Crippen LogP contribution in [0.1, 0.15) is 11.3 Å². The SMILES string of the molecule is COCCN(C)c1cc(C(=N)N)cc(C)n1. The van der Waals surface area contributed by atoms with E-state index in [0.717, 1.165) is 18.1 Å². The topological polar surface area (TPSA) is 75.2 Å². The molecule has 1 aromatic rings. The number of likely N-dealkylation sites (N-methyl/N-ethyl adjacent to an activating group) is 1. The summed E-state index contributed by atoms with van der Waals surface area (Å²) in [6.45, 7) is 3.28. The lowest BCUT2D eigenvalue weighted by Gasteiger charge is -2.18. The van der Waals surface area contributed by atoms with Crippen LogP contribution in [0, 0.1) is 12.3 Å². The number of nitrogens with one attached hydrogen (secondary N) is 1. The van der Waals surface area contributed by atoms with Crippen LogP contribution >= 0.6 is 0 Å². The maximum Gasteiger partial charge on any atom is 0.129 e. The highest BCUT2D eigenvalue weighted by Crippen LogP contribution is 2.13. The Bertz CT molecular complexity index is 378. The summed E-state index contributed by atoms with van der Waals surface area (Å²) in [7, 11) is 3.60. The number of nitrogens with zero attached hydrogens (tertiary/aromatic N) is 2. The van der Waals surface area contributed by atoms with E-state index in [4.69, 9.17) is 15.9 Å². The number of pyridine rings is 1. The van der Waals surface area contributed by atoms with E-state index in [-0.39, 0.29) is 5.84 Å². The van der Waals surface area contributed by atoms with Crippen LogP contribution in [-0.4, -0.2) is 38.1 Å². The van der Waals surface area contributed by atoms with Crippen LogP contribution in [0.4, 0.5) is 5.82 Å². The van der Waals surface area contributed by atoms with Gasteiger partial charge in [-0.15, -0.1) is 0 Å². The average Bonchev–Trinajstić information content (AvgIpc) is 2.24. The Balaban J connectivity index is 2.91. The zero-order chi connectivity index (χ0) is 12.1. The van der Waals surface area contributed by atoms with Gasteiger partial charge in [-0.1, -0.05) is 0 Å². The van der Waals surface area contributed by atoms with Crippen molar-refractivity contribution in [3.63, 3.8) is 0 Å². The molecule has 1 heterocycles. The molecule has 0 radical (unpaired) electrons. The van der Waals surface area contributed by atoms with E-state index in [2.05, 4.69) is 4.98 Å². The van der Waals surface area contributed by atoms with Gasteiger partial charge in [0.1, 0.15) is 11.7 Å². The van der Waals surface area contributed by atoms with Crippen molar-refractivity contribution < 1.29 is 4.74 Å². The predicted octanol–water partition coefficient (Wildman–Crippen LogP) is 0.757. The lowest BCUT2D eigenvalue weighted by Crippen LogP contribution is -2.24. The molecule has 1 aromatic heterocycles. The number of methoxy groups -OCH3 is 1. The summed E-state index contributed by atoms with van der Waals surface area (Å²) in [6, 6.07) is 3.61. The second-order valence-electron chi connectivity index (χ2n) is 3.68. The van der Waals surface area contributed by atoms with Gasteiger partial charge < -0.3 is 15.4 Å². The maximum atomic E-state index is 7.41. The molecular weight excluding hydrogens is 204 g/mol. The van der Waals surface area contributed by atoms with Crippen LogP contribution in [0.15, 0.2) is 12.1 Å². The minimum atomic E-state index is 0.0619. The summed E-state index contributed by atoms with van der Waals surface area (Å²) in [5.41, 5.74) is 7.02. The molecule has 0 unspecified atom stereocenters. The van der Waals surface area contributed by atoms with Crippen LogP contribution in [-0.2, 0) is 4.74 Å². The molecule has 0 fully saturated rings. The second-order valence-corrected chi connectivity index (χ2v) is 3.68. The summed E-state index contributed by atoms with van der Waals surface area (Å²) in [5.74, 6) is 0.870. The Morgan fingerprint density at radius 1 is 1.56 bits per heavy atom. The van der Waals surface area contributed by atoms with Crippen LogP contribution in [0.2, 0.25) is 0 Å². The summed E-state index contributed by atoms with van der Waals surface area (Å²) >= 11 is 0. The largest absolute Gasteiger partial charge is 0.384 e. The normalized spacial score (nSPS) is 10.2. The van der Waals surface area contributed by atoms with Gasteiger partial charge >= 0.3 is 0 Å². The number of hydrogen-bond donors (Lipinski definition) is 2. The van der Waals surface area contributed by atoms with Crippen molar-refractivity contribution in [3.05, 3.63) is 23.4 Å². The quantitative estimate of drug-likeness (QED) is 0.569. The molecule has 0 saturated carbocycles. The van der Waals surface area contributed by atoms with E-state index in [9.17, 15) is 0 Å². The Hall–Kier alpha value is -1.62. The molecule has 1 rings (SSSR count). The van der Waals surface area contributed by atoms with Gasteiger partial charge in [-0.3, -0.25) is 5.41 Å². The van der Waals surface area contributed by atoms with Crippen molar-refractivity contribution in [1.29, 1.82) is 5.41 Å². The molecule has 0 saturated heterocycles. The van der Waals surface area contributed by atoms with Crippen LogP contribution in [0.25, 0.3) is 0 Å². The van der Waals surface area contributed by atoms with Crippen LogP contribution in [0.3, 0.4) is 0 Å². The second kappa shape index (κ2) is 5.46. The molecule has 0 aromatic carbocycles. The van der Waals surface area contributed by atoms with E-state index < -0.39 is 0 Å². The van der Waals surface area contributed by atoms with Crippen molar-refractivity contribution in [2.75, 3.05) is 32.2 Å². The molecule has 0 spiro atoms. The highest BCUT2D eigenvalue weighted by Gasteiger charge is 2.06. The molecule has 5 heteroatoms. The number of rotatable bonds is 5. The first-order chi connectivity index (χ1) is 7.54. The summed E-state index contributed by atoms with van der Waals surface area (Å²) in [4.78, 5) is 6.36. The first kappa shape index (κ1) is 12.4. The zero-order valence-corrected chi connectivity index (χ0v) is 9.95. The fourth-order valence-corrected chi connectivity index (χ4v) is 1.34. The van der Waals surface area contributed by atoms with Crippen molar-refractivity contribution in [2.24, 2.45) is 5.73 Å². The van der Waals surface area contributed by atoms with Crippen molar-refractivity contribution in [3.8, 4) is 0 Å². The third-order valence-corrected chi connectivity index (χ3v) is 2.27. The highest BCUT2D eigenvalue weighted by atomic mass is 16.5. The standard InChI is InChI=1S/C11H18N4O/c1-8-6-9(11(12)13)7-10(14-8)15(2)4-5-16-3/h6-7H,4-5H2,1-3H3,(H3,12,13). The maximum absolute atomic E-state index is 7.41. The van der Waals surface area contributed by atoms with Gasteiger partial charge in [-0.05, 0) is 19.1 Å². The molecule has 0 atom stereocenters. The summed E-state index contributed by atoms with van der Waals surface area (Å²) in [6.07, 6.45) is 0. The van der Waals surface area contributed by atoms with Crippen molar-refractivity contribution in [1.82, 2.24) is 4.98 Å². The lowest BCUT2D eigenvalue weighted by molar-refractivity contribution is 0.206. The van der Waals surface area contributed by atoms with E-state index in [1.807, 2.05) is 24.9 Å². The van der Waals surface area contributed by atoms with Gasteiger partial charge in [0, 0.05) is 32.0 Å². The van der Waals surface area contributed by atoms with E-state index >= 15 is 0 Å². The number of amidine groups is 1. The number of aromatic nitrogens is 1. The zero-order valence-electron chi connectivity index (χ0n) is 9.95. The van der Waals surface area contributed by atoms with Gasteiger partial charge in [0.2, 0.25) is 0 Å². The molecule has 0 bridgehead atoms. The van der Waals surface area contributed by atoms with Gasteiger partial charge in [-0.2, -0.15) is 0 Å². The molecule has 3 N–H and O–H groups in total. The fourth-order valence-electron chi connectivity index (χ4n) is 1.34. The summed E-state index contributed by atoms with van der Waals surface area (Å²) in [5, 5.41) is 7.41. The molecule has 88 valence electrons. The Kier molecular flexibility index (Phi) is 4.25. The average molecular weight is 222 g/mol. The van der Waals surface area contributed by atoms with Gasteiger partial charge in [-0.25, -0.2) is 4.98 Å². The smallest absolute Gasteiger partial charge is 0.129 e. The fraction of sp³-hybridized carbons (Fsp3) is 0.455. The predicted molar refractivity (Wildman–Crippen MR) is 65.1 cm³/mol.